The third-order valence-corrected chi connectivity index (χ3v) is 2.17. The molecule has 0 aliphatic heterocycles. The van der Waals surface area contributed by atoms with Crippen LogP contribution in [0.2, 0.25) is 0 Å². The van der Waals surface area contributed by atoms with Crippen LogP contribution in [0.1, 0.15) is 15.9 Å². The Bertz CT molecular complexity index is 449. The Morgan fingerprint density at radius 2 is 2.25 bits per heavy atom. The van der Waals surface area contributed by atoms with Gasteiger partial charge in [-0.05, 0) is 12.1 Å². The monoisotopic (exact) mass is 247 g/mol. The maximum absolute atomic E-state index is 13.1. The Morgan fingerprint density at radius 3 is 2.69 bits per heavy atom. The Hall–Kier alpha value is -1.69. The molecule has 0 spiro atoms. The van der Waals surface area contributed by atoms with E-state index in [-0.39, 0.29) is 11.4 Å². The van der Waals surface area contributed by atoms with Crippen LogP contribution in [-0.2, 0) is 10.6 Å². The summed E-state index contributed by atoms with van der Waals surface area (Å²) in [5.41, 5.74) is -1.03. The van der Waals surface area contributed by atoms with Gasteiger partial charge in [-0.15, -0.1) is 11.6 Å². The first-order valence-corrected chi connectivity index (χ1v) is 4.65. The van der Waals surface area contributed by atoms with E-state index >= 15 is 0 Å². The minimum absolute atomic E-state index is 0.0629. The van der Waals surface area contributed by atoms with Crippen molar-refractivity contribution < 1.29 is 18.8 Å². The number of nitro groups is 1. The average molecular weight is 248 g/mol. The molecule has 0 aliphatic carbocycles. The van der Waals surface area contributed by atoms with Crippen LogP contribution in [-0.4, -0.2) is 18.0 Å². The van der Waals surface area contributed by atoms with Crippen LogP contribution in [0, 0.1) is 15.9 Å². The van der Waals surface area contributed by atoms with Crippen molar-refractivity contribution >= 4 is 23.3 Å². The lowest BCUT2D eigenvalue weighted by Gasteiger charge is -2.04. The smallest absolute Gasteiger partial charge is 0.345 e. The number of nitro benzene ring substituents is 1. The largest absolute Gasteiger partial charge is 0.465 e. The van der Waals surface area contributed by atoms with E-state index in [2.05, 4.69) is 4.74 Å². The number of alkyl halides is 1. The van der Waals surface area contributed by atoms with Gasteiger partial charge >= 0.3 is 5.97 Å². The van der Waals surface area contributed by atoms with Crippen LogP contribution in [0.4, 0.5) is 10.1 Å². The van der Waals surface area contributed by atoms with Crippen molar-refractivity contribution in [1.29, 1.82) is 0 Å². The number of nitrogens with zero attached hydrogens (tertiary/aromatic N) is 1. The van der Waals surface area contributed by atoms with E-state index in [0.717, 1.165) is 19.2 Å². The molecule has 0 amide bonds. The molecule has 0 heterocycles. The van der Waals surface area contributed by atoms with Gasteiger partial charge in [-0.2, -0.15) is 0 Å². The number of halogens is 2. The summed E-state index contributed by atoms with van der Waals surface area (Å²) in [6.45, 7) is 0. The van der Waals surface area contributed by atoms with Crippen molar-refractivity contribution in [1.82, 2.24) is 0 Å². The molecule has 7 heteroatoms. The van der Waals surface area contributed by atoms with Gasteiger partial charge in [-0.25, -0.2) is 9.18 Å². The van der Waals surface area contributed by atoms with Crippen LogP contribution in [0.3, 0.4) is 0 Å². The van der Waals surface area contributed by atoms with Crippen LogP contribution >= 0.6 is 11.6 Å². The van der Waals surface area contributed by atoms with Crippen molar-refractivity contribution in [2.75, 3.05) is 7.11 Å². The second-order valence-corrected chi connectivity index (χ2v) is 3.11. The van der Waals surface area contributed by atoms with Gasteiger partial charge in [0.2, 0.25) is 0 Å². The lowest BCUT2D eigenvalue weighted by atomic mass is 10.1. The van der Waals surface area contributed by atoms with E-state index in [1.54, 1.807) is 0 Å². The Morgan fingerprint density at radius 1 is 1.62 bits per heavy atom. The Labute approximate surface area is 94.9 Å². The molecule has 0 saturated carbocycles. The molecule has 86 valence electrons. The van der Waals surface area contributed by atoms with Crippen LogP contribution < -0.4 is 0 Å². The van der Waals surface area contributed by atoms with Crippen LogP contribution in [0.25, 0.3) is 0 Å². The maximum Gasteiger partial charge on any atom is 0.345 e. The number of ether oxygens (including phenoxy) is 1. The Balaban J connectivity index is 3.50. The molecule has 0 saturated heterocycles. The van der Waals surface area contributed by atoms with Crippen LogP contribution in [0.15, 0.2) is 12.1 Å². The van der Waals surface area contributed by atoms with Crippen molar-refractivity contribution in [2.24, 2.45) is 0 Å². The van der Waals surface area contributed by atoms with Crippen molar-refractivity contribution in [3.63, 3.8) is 0 Å². The van der Waals surface area contributed by atoms with Gasteiger partial charge in [0.25, 0.3) is 5.69 Å². The standard InChI is InChI=1S/C9H7ClFNO4/c1-16-9(13)7-3-6(11)2-5(4-10)8(7)12(14)15/h2-3H,4H2,1H3. The number of benzene rings is 1. The summed E-state index contributed by atoms with van der Waals surface area (Å²) in [6.07, 6.45) is 0. The highest BCUT2D eigenvalue weighted by molar-refractivity contribution is 6.17. The zero-order valence-electron chi connectivity index (χ0n) is 8.20. The number of esters is 1. The van der Waals surface area contributed by atoms with Crippen molar-refractivity contribution in [3.8, 4) is 0 Å². The van der Waals surface area contributed by atoms with Gasteiger partial charge in [0.1, 0.15) is 11.4 Å². The summed E-state index contributed by atoms with van der Waals surface area (Å²) in [7, 11) is 1.05. The fourth-order valence-electron chi connectivity index (χ4n) is 1.24. The first kappa shape index (κ1) is 12.4. The van der Waals surface area contributed by atoms with Gasteiger partial charge in [0, 0.05) is 5.56 Å². The van der Waals surface area contributed by atoms with Gasteiger partial charge in [0.15, 0.2) is 0 Å². The zero-order valence-corrected chi connectivity index (χ0v) is 8.95. The lowest BCUT2D eigenvalue weighted by molar-refractivity contribution is -0.385. The molecule has 0 bridgehead atoms. The summed E-state index contributed by atoms with van der Waals surface area (Å²) in [5, 5.41) is 10.7. The molecule has 0 N–H and O–H groups in total. The summed E-state index contributed by atoms with van der Waals surface area (Å²) < 4.78 is 17.4. The molecular weight excluding hydrogens is 241 g/mol. The highest BCUT2D eigenvalue weighted by atomic mass is 35.5. The predicted octanol–water partition coefficient (Wildman–Crippen LogP) is 2.26. The molecule has 0 fully saturated rings. The second kappa shape index (κ2) is 4.89. The minimum Gasteiger partial charge on any atom is -0.465 e. The molecule has 1 aromatic rings. The molecule has 0 aliphatic rings. The van der Waals surface area contributed by atoms with Gasteiger partial charge in [0.05, 0.1) is 17.9 Å². The molecule has 0 atom stereocenters. The van der Waals surface area contributed by atoms with Crippen molar-refractivity contribution in [3.05, 3.63) is 39.2 Å². The van der Waals surface area contributed by atoms with Gasteiger partial charge in [-0.3, -0.25) is 10.1 Å². The number of carbonyl (C=O) groups is 1. The molecule has 0 unspecified atom stereocenters. The van der Waals surface area contributed by atoms with E-state index < -0.39 is 28.0 Å². The van der Waals surface area contributed by atoms with E-state index in [1.807, 2.05) is 0 Å². The quantitative estimate of drug-likeness (QED) is 0.356. The maximum atomic E-state index is 13.1. The molecule has 1 aromatic carbocycles. The van der Waals surface area contributed by atoms with E-state index in [1.165, 1.54) is 0 Å². The van der Waals surface area contributed by atoms with Gasteiger partial charge in [-0.1, -0.05) is 0 Å². The second-order valence-electron chi connectivity index (χ2n) is 2.84. The SMILES string of the molecule is COC(=O)c1cc(F)cc(CCl)c1[N+](=O)[O-]. The molecule has 0 radical (unpaired) electrons. The normalized spacial score (nSPS) is 9.94. The van der Waals surface area contributed by atoms with E-state index in [0.29, 0.717) is 0 Å². The van der Waals surface area contributed by atoms with E-state index in [4.69, 9.17) is 11.6 Å². The summed E-state index contributed by atoms with van der Waals surface area (Å²) >= 11 is 5.44. The predicted molar refractivity (Wildman–Crippen MR) is 54.0 cm³/mol. The van der Waals surface area contributed by atoms with Crippen LogP contribution in [0.5, 0.6) is 0 Å². The summed E-state index contributed by atoms with van der Waals surface area (Å²) in [4.78, 5) is 21.2. The van der Waals surface area contributed by atoms with Crippen molar-refractivity contribution in [2.45, 2.75) is 5.88 Å². The fraction of sp³-hybridized carbons (Fsp3) is 0.222. The summed E-state index contributed by atoms with van der Waals surface area (Å²) in [6, 6.07) is 1.66. The average Bonchev–Trinajstić information content (AvgIpc) is 2.26. The fourth-order valence-corrected chi connectivity index (χ4v) is 1.44. The third-order valence-electron chi connectivity index (χ3n) is 1.89. The molecular formula is C9H7ClFNO4. The first-order valence-electron chi connectivity index (χ1n) is 4.12. The topological polar surface area (TPSA) is 69.4 Å². The highest BCUT2D eigenvalue weighted by Crippen LogP contribution is 2.27. The lowest BCUT2D eigenvalue weighted by Crippen LogP contribution is -2.08. The van der Waals surface area contributed by atoms with Gasteiger partial charge < -0.3 is 4.74 Å². The molecule has 1 rings (SSSR count). The molecule has 0 aromatic heterocycles. The zero-order chi connectivity index (χ0) is 12.3. The number of carbonyl (C=O) groups excluding carboxylic acids is 1. The minimum atomic E-state index is -0.974. The third kappa shape index (κ3) is 2.27. The number of hydrogen-bond donors (Lipinski definition) is 0. The Kier molecular flexibility index (Phi) is 3.78. The summed E-state index contributed by atoms with van der Waals surface area (Å²) in [5.74, 6) is -2.02. The highest BCUT2D eigenvalue weighted by Gasteiger charge is 2.26. The van der Waals surface area contributed by atoms with E-state index in [9.17, 15) is 19.3 Å². The molecule has 16 heavy (non-hydrogen) atoms. The number of rotatable bonds is 3. The first-order chi connectivity index (χ1) is 7.51. The number of methoxy groups -OCH3 is 1. The number of hydrogen-bond acceptors (Lipinski definition) is 4. The molecule has 5 nitrogen and oxygen atoms in total.